The minimum Gasteiger partial charge on any atom is -0.711 e. The highest BCUT2D eigenvalue weighted by atomic mass is 16.5. The zero-order valence-corrected chi connectivity index (χ0v) is 12.2. The van der Waals surface area contributed by atoms with Crippen LogP contribution >= 0.6 is 0 Å². The van der Waals surface area contributed by atoms with Crippen molar-refractivity contribution in [2.45, 2.75) is 39.2 Å². The third-order valence-electron chi connectivity index (χ3n) is 3.54. The van der Waals surface area contributed by atoms with Crippen molar-refractivity contribution in [1.82, 2.24) is 4.57 Å². The molecule has 0 saturated heterocycles. The molecule has 112 valence electrons. The molecule has 0 fully saturated rings. The standard InChI is InChI=1S/C16H20N2O3/c1-13-16(14-8-4-2-5-9-14)17(12-18(13)21)11-7-3-6-10-15(19)20/h2,4-5,8-9,12H,3,6-7,10-11H2,1H3,(H,19,20). The zero-order chi connectivity index (χ0) is 15.2. The molecule has 0 aliphatic carbocycles. The summed E-state index contributed by atoms with van der Waals surface area (Å²) in [7, 11) is 0. The van der Waals surface area contributed by atoms with Crippen LogP contribution in [0.2, 0.25) is 0 Å². The maximum atomic E-state index is 11.8. The molecule has 1 heterocycles. The van der Waals surface area contributed by atoms with Gasteiger partial charge in [0, 0.05) is 18.9 Å². The number of benzene rings is 1. The third-order valence-corrected chi connectivity index (χ3v) is 3.54. The average molecular weight is 288 g/mol. The van der Waals surface area contributed by atoms with Gasteiger partial charge in [-0.05, 0) is 19.3 Å². The number of imidazole rings is 1. The number of aromatic nitrogens is 2. The summed E-state index contributed by atoms with van der Waals surface area (Å²) in [4.78, 5) is 10.5. The van der Waals surface area contributed by atoms with Crippen molar-refractivity contribution in [2.24, 2.45) is 0 Å². The average Bonchev–Trinajstić information content (AvgIpc) is 2.74. The Kier molecular flexibility index (Phi) is 4.98. The number of carboxylic acids is 1. The smallest absolute Gasteiger partial charge is 0.303 e. The van der Waals surface area contributed by atoms with Gasteiger partial charge in [-0.2, -0.15) is 0 Å². The zero-order valence-electron chi connectivity index (χ0n) is 12.2. The molecule has 0 aliphatic rings. The second kappa shape index (κ2) is 6.92. The van der Waals surface area contributed by atoms with Crippen molar-refractivity contribution in [3.63, 3.8) is 0 Å². The summed E-state index contributed by atoms with van der Waals surface area (Å²) in [6, 6.07) is 9.83. The lowest BCUT2D eigenvalue weighted by Gasteiger charge is -2.03. The van der Waals surface area contributed by atoms with Gasteiger partial charge >= 0.3 is 5.97 Å². The van der Waals surface area contributed by atoms with Crippen molar-refractivity contribution >= 4 is 5.97 Å². The van der Waals surface area contributed by atoms with Gasteiger partial charge in [-0.25, -0.2) is 9.30 Å². The monoisotopic (exact) mass is 288 g/mol. The maximum Gasteiger partial charge on any atom is 0.303 e. The van der Waals surface area contributed by atoms with Crippen LogP contribution in [0.15, 0.2) is 36.7 Å². The number of nitrogens with zero attached hydrogens (tertiary/aromatic N) is 2. The number of unbranched alkanes of at least 4 members (excludes halogenated alkanes) is 2. The maximum absolute atomic E-state index is 11.8. The number of aryl methyl sites for hydroxylation is 1. The van der Waals surface area contributed by atoms with Crippen LogP contribution in [0.1, 0.15) is 31.4 Å². The Morgan fingerprint density at radius 3 is 2.62 bits per heavy atom. The lowest BCUT2D eigenvalue weighted by Crippen LogP contribution is -2.26. The highest BCUT2D eigenvalue weighted by molar-refractivity contribution is 5.66. The summed E-state index contributed by atoms with van der Waals surface area (Å²) >= 11 is 0. The minimum atomic E-state index is -0.755. The van der Waals surface area contributed by atoms with E-state index in [1.807, 2.05) is 41.8 Å². The molecule has 5 heteroatoms. The van der Waals surface area contributed by atoms with E-state index in [0.29, 0.717) is 12.1 Å². The number of carbonyl (C=O) groups is 1. The van der Waals surface area contributed by atoms with Crippen LogP contribution in [-0.2, 0) is 11.3 Å². The van der Waals surface area contributed by atoms with Gasteiger partial charge in [0.1, 0.15) is 0 Å². The number of aliphatic carboxylic acids is 1. The molecule has 21 heavy (non-hydrogen) atoms. The molecule has 2 rings (SSSR count). The second-order valence-electron chi connectivity index (χ2n) is 5.14. The van der Waals surface area contributed by atoms with Gasteiger partial charge in [0.25, 0.3) is 0 Å². The number of rotatable bonds is 7. The quantitative estimate of drug-likeness (QED) is 0.484. The Morgan fingerprint density at radius 2 is 1.95 bits per heavy atom. The summed E-state index contributed by atoms with van der Waals surface area (Å²) in [6.45, 7) is 2.54. The van der Waals surface area contributed by atoms with E-state index < -0.39 is 5.97 Å². The summed E-state index contributed by atoms with van der Waals surface area (Å²) in [5, 5.41) is 20.4. The van der Waals surface area contributed by atoms with Gasteiger partial charge in [-0.3, -0.25) is 4.79 Å². The van der Waals surface area contributed by atoms with E-state index in [0.717, 1.165) is 35.4 Å². The molecule has 0 atom stereocenters. The molecule has 0 amide bonds. The molecule has 0 saturated carbocycles. The predicted molar refractivity (Wildman–Crippen MR) is 79.7 cm³/mol. The Morgan fingerprint density at radius 1 is 1.24 bits per heavy atom. The van der Waals surface area contributed by atoms with Crippen LogP contribution in [0.25, 0.3) is 11.3 Å². The van der Waals surface area contributed by atoms with Crippen molar-refractivity contribution < 1.29 is 14.6 Å². The fourth-order valence-corrected chi connectivity index (χ4v) is 2.46. The van der Waals surface area contributed by atoms with Crippen LogP contribution in [-0.4, -0.2) is 15.6 Å². The van der Waals surface area contributed by atoms with Gasteiger partial charge in [0.15, 0.2) is 11.4 Å². The van der Waals surface area contributed by atoms with E-state index in [4.69, 9.17) is 5.11 Å². The lowest BCUT2D eigenvalue weighted by molar-refractivity contribution is -0.611. The van der Waals surface area contributed by atoms with Crippen LogP contribution in [0, 0.1) is 12.1 Å². The Labute approximate surface area is 124 Å². The molecule has 0 aliphatic heterocycles. The van der Waals surface area contributed by atoms with Crippen molar-refractivity contribution in [3.8, 4) is 11.3 Å². The first-order valence-corrected chi connectivity index (χ1v) is 7.15. The minimum absolute atomic E-state index is 0.206. The number of hydrogen-bond acceptors (Lipinski definition) is 2. The highest BCUT2D eigenvalue weighted by Gasteiger charge is 2.17. The normalized spacial score (nSPS) is 10.7. The van der Waals surface area contributed by atoms with E-state index in [-0.39, 0.29) is 6.42 Å². The fraction of sp³-hybridized carbons (Fsp3) is 0.375. The topological polar surface area (TPSA) is 69.2 Å². The molecular weight excluding hydrogens is 268 g/mol. The second-order valence-corrected chi connectivity index (χ2v) is 5.14. The largest absolute Gasteiger partial charge is 0.711 e. The molecule has 0 spiro atoms. The van der Waals surface area contributed by atoms with E-state index in [9.17, 15) is 10.0 Å². The van der Waals surface area contributed by atoms with Gasteiger partial charge < -0.3 is 10.3 Å². The first-order valence-electron chi connectivity index (χ1n) is 7.15. The first kappa shape index (κ1) is 15.1. The molecule has 1 N–H and O–H groups in total. The molecule has 0 bridgehead atoms. The molecule has 0 unspecified atom stereocenters. The molecular formula is C16H20N2O3. The first-order chi connectivity index (χ1) is 10.1. The fourth-order valence-electron chi connectivity index (χ4n) is 2.46. The highest BCUT2D eigenvalue weighted by Crippen LogP contribution is 2.22. The summed E-state index contributed by atoms with van der Waals surface area (Å²) < 4.78 is 2.85. The molecule has 1 aromatic heterocycles. The van der Waals surface area contributed by atoms with E-state index in [1.165, 1.54) is 0 Å². The van der Waals surface area contributed by atoms with Crippen molar-refractivity contribution in [3.05, 3.63) is 47.6 Å². The van der Waals surface area contributed by atoms with Crippen molar-refractivity contribution in [1.29, 1.82) is 0 Å². The molecule has 0 radical (unpaired) electrons. The van der Waals surface area contributed by atoms with Crippen LogP contribution < -0.4 is 4.73 Å². The van der Waals surface area contributed by atoms with E-state index >= 15 is 0 Å². The summed E-state index contributed by atoms with van der Waals surface area (Å²) in [5.74, 6) is -0.755. The SMILES string of the molecule is Cc1c(-c2ccccc2)n(CCCCCC(=O)O)c[n+]1[O-]. The predicted octanol–water partition coefficient (Wildman–Crippen LogP) is 2.74. The van der Waals surface area contributed by atoms with Crippen LogP contribution in [0.4, 0.5) is 0 Å². The molecule has 5 nitrogen and oxygen atoms in total. The number of hydrogen-bond donors (Lipinski definition) is 1. The third kappa shape index (κ3) is 3.84. The van der Waals surface area contributed by atoms with Crippen LogP contribution in [0.3, 0.4) is 0 Å². The van der Waals surface area contributed by atoms with E-state index in [1.54, 1.807) is 6.33 Å². The summed E-state index contributed by atoms with van der Waals surface area (Å²) in [6.07, 6.45) is 4.15. The molecule has 2 aromatic rings. The van der Waals surface area contributed by atoms with Gasteiger partial charge in [0.2, 0.25) is 6.33 Å². The van der Waals surface area contributed by atoms with Crippen molar-refractivity contribution in [2.75, 3.05) is 0 Å². The Hall–Kier alpha value is -2.30. The lowest BCUT2D eigenvalue weighted by atomic mass is 10.1. The molecule has 1 aromatic carbocycles. The van der Waals surface area contributed by atoms with Gasteiger partial charge in [-0.15, -0.1) is 0 Å². The van der Waals surface area contributed by atoms with E-state index in [2.05, 4.69) is 0 Å². The Balaban J connectivity index is 2.06. The van der Waals surface area contributed by atoms with Gasteiger partial charge in [-0.1, -0.05) is 30.3 Å². The number of carboxylic acid groups (broad SMARTS) is 1. The van der Waals surface area contributed by atoms with Gasteiger partial charge in [0.05, 0.1) is 6.54 Å². The summed E-state index contributed by atoms with van der Waals surface area (Å²) in [5.41, 5.74) is 2.64. The Bertz CT molecular complexity index is 605. The van der Waals surface area contributed by atoms with Crippen LogP contribution in [0.5, 0.6) is 0 Å².